The lowest BCUT2D eigenvalue weighted by Gasteiger charge is -2.26. The summed E-state index contributed by atoms with van der Waals surface area (Å²) < 4.78 is 35.4. The lowest BCUT2D eigenvalue weighted by molar-refractivity contribution is -0.146. The Kier molecular flexibility index (Phi) is 4.70. The third-order valence-corrected chi connectivity index (χ3v) is 1.97. The van der Waals surface area contributed by atoms with Crippen LogP contribution in [0.5, 0.6) is 0 Å². The molecule has 0 saturated carbocycles. The molecule has 0 radical (unpaired) electrons. The first-order chi connectivity index (χ1) is 5.83. The monoisotopic (exact) mass is 199 g/mol. The lowest BCUT2D eigenvalue weighted by Crippen LogP contribution is -2.38. The third-order valence-electron chi connectivity index (χ3n) is 1.97. The maximum Gasteiger partial charge on any atom is 0.389 e. The van der Waals surface area contributed by atoms with Crippen LogP contribution in [0.15, 0.2) is 0 Å². The molecule has 80 valence electrons. The van der Waals surface area contributed by atoms with Gasteiger partial charge in [-0.25, -0.2) is 0 Å². The van der Waals surface area contributed by atoms with Crippen LogP contribution >= 0.6 is 0 Å². The SMILES string of the molecule is CCCC(O)(CN)CCC(F)(F)F. The number of alkyl halides is 3. The summed E-state index contributed by atoms with van der Waals surface area (Å²) >= 11 is 0. The standard InChI is InChI=1S/C8H16F3NO/c1-2-3-7(13,6-12)4-5-8(9,10)11/h13H,2-6,12H2,1H3. The van der Waals surface area contributed by atoms with Gasteiger partial charge in [-0.05, 0) is 12.8 Å². The number of aliphatic hydroxyl groups is 1. The highest BCUT2D eigenvalue weighted by atomic mass is 19.4. The zero-order valence-electron chi connectivity index (χ0n) is 7.69. The summed E-state index contributed by atoms with van der Waals surface area (Å²) in [6.45, 7) is 1.69. The average molecular weight is 199 g/mol. The molecule has 0 amide bonds. The summed E-state index contributed by atoms with van der Waals surface area (Å²) in [6.07, 6.45) is -4.54. The Bertz CT molecular complexity index is 149. The predicted octanol–water partition coefficient (Wildman–Crippen LogP) is 1.82. The van der Waals surface area contributed by atoms with E-state index in [1.807, 2.05) is 0 Å². The van der Waals surface area contributed by atoms with Gasteiger partial charge >= 0.3 is 6.18 Å². The van der Waals surface area contributed by atoms with E-state index in [9.17, 15) is 18.3 Å². The minimum absolute atomic E-state index is 0.114. The zero-order valence-corrected chi connectivity index (χ0v) is 7.69. The van der Waals surface area contributed by atoms with Crippen LogP contribution in [0.25, 0.3) is 0 Å². The Balaban J connectivity index is 3.97. The van der Waals surface area contributed by atoms with Crippen LogP contribution in [-0.4, -0.2) is 23.4 Å². The van der Waals surface area contributed by atoms with E-state index in [4.69, 9.17) is 5.73 Å². The molecule has 0 aromatic carbocycles. The molecule has 0 heterocycles. The molecule has 1 unspecified atom stereocenters. The van der Waals surface area contributed by atoms with E-state index in [0.29, 0.717) is 12.8 Å². The van der Waals surface area contributed by atoms with Crippen molar-refractivity contribution >= 4 is 0 Å². The Hall–Kier alpha value is -0.290. The molecule has 3 N–H and O–H groups in total. The van der Waals surface area contributed by atoms with Crippen LogP contribution in [0, 0.1) is 0 Å². The second kappa shape index (κ2) is 4.81. The lowest BCUT2D eigenvalue weighted by atomic mass is 9.92. The molecule has 0 aromatic heterocycles. The van der Waals surface area contributed by atoms with Crippen molar-refractivity contribution in [3.05, 3.63) is 0 Å². The quantitative estimate of drug-likeness (QED) is 0.709. The van der Waals surface area contributed by atoms with Gasteiger partial charge in [0.05, 0.1) is 5.60 Å². The van der Waals surface area contributed by atoms with Crippen LogP contribution < -0.4 is 5.73 Å². The van der Waals surface area contributed by atoms with Crippen molar-refractivity contribution in [3.8, 4) is 0 Å². The number of nitrogens with two attached hydrogens (primary N) is 1. The Morgan fingerprint density at radius 1 is 1.15 bits per heavy atom. The van der Waals surface area contributed by atoms with Crippen LogP contribution in [0.4, 0.5) is 13.2 Å². The van der Waals surface area contributed by atoms with Crippen LogP contribution in [0.2, 0.25) is 0 Å². The summed E-state index contributed by atoms with van der Waals surface area (Å²) in [6, 6.07) is 0. The molecule has 13 heavy (non-hydrogen) atoms. The van der Waals surface area contributed by atoms with E-state index < -0.39 is 18.2 Å². The maximum absolute atomic E-state index is 11.8. The van der Waals surface area contributed by atoms with Gasteiger partial charge in [0, 0.05) is 13.0 Å². The zero-order chi connectivity index (χ0) is 10.5. The second-order valence-corrected chi connectivity index (χ2v) is 3.29. The Morgan fingerprint density at radius 2 is 1.69 bits per heavy atom. The van der Waals surface area contributed by atoms with Gasteiger partial charge in [-0.1, -0.05) is 13.3 Å². The number of halogens is 3. The molecule has 0 saturated heterocycles. The fourth-order valence-electron chi connectivity index (χ4n) is 1.17. The van der Waals surface area contributed by atoms with E-state index >= 15 is 0 Å². The summed E-state index contributed by atoms with van der Waals surface area (Å²) in [4.78, 5) is 0. The normalized spacial score (nSPS) is 17.1. The van der Waals surface area contributed by atoms with E-state index in [1.54, 1.807) is 6.92 Å². The van der Waals surface area contributed by atoms with Crippen molar-refractivity contribution in [1.29, 1.82) is 0 Å². The van der Waals surface area contributed by atoms with Gasteiger partial charge < -0.3 is 10.8 Å². The fraction of sp³-hybridized carbons (Fsp3) is 1.00. The molecule has 0 aromatic rings. The first-order valence-electron chi connectivity index (χ1n) is 4.32. The molecule has 0 aliphatic carbocycles. The molecule has 0 bridgehead atoms. The fourth-order valence-corrected chi connectivity index (χ4v) is 1.17. The molecule has 0 aliphatic rings. The van der Waals surface area contributed by atoms with Gasteiger partial charge in [0.2, 0.25) is 0 Å². The largest absolute Gasteiger partial charge is 0.389 e. The first kappa shape index (κ1) is 12.7. The van der Waals surface area contributed by atoms with Crippen molar-refractivity contribution < 1.29 is 18.3 Å². The summed E-state index contributed by atoms with van der Waals surface area (Å²) in [5, 5.41) is 9.56. The molecular formula is C8H16F3NO. The van der Waals surface area contributed by atoms with E-state index in [2.05, 4.69) is 0 Å². The topological polar surface area (TPSA) is 46.2 Å². The average Bonchev–Trinajstić information content (AvgIpc) is 2.01. The molecule has 2 nitrogen and oxygen atoms in total. The van der Waals surface area contributed by atoms with Crippen LogP contribution in [0.3, 0.4) is 0 Å². The van der Waals surface area contributed by atoms with E-state index in [-0.39, 0.29) is 13.0 Å². The van der Waals surface area contributed by atoms with Gasteiger partial charge in [0.1, 0.15) is 0 Å². The first-order valence-corrected chi connectivity index (χ1v) is 4.32. The third kappa shape index (κ3) is 5.87. The summed E-state index contributed by atoms with van der Waals surface area (Å²) in [7, 11) is 0. The summed E-state index contributed by atoms with van der Waals surface area (Å²) in [5.41, 5.74) is 3.86. The van der Waals surface area contributed by atoms with E-state index in [0.717, 1.165) is 0 Å². The molecule has 0 aliphatic heterocycles. The highest BCUT2D eigenvalue weighted by Crippen LogP contribution is 2.27. The van der Waals surface area contributed by atoms with Crippen molar-refractivity contribution in [1.82, 2.24) is 0 Å². The smallest absolute Gasteiger partial charge is 0.389 e. The van der Waals surface area contributed by atoms with Gasteiger partial charge in [-0.2, -0.15) is 13.2 Å². The highest BCUT2D eigenvalue weighted by Gasteiger charge is 2.33. The molecule has 1 atom stereocenters. The minimum atomic E-state index is -4.21. The minimum Gasteiger partial charge on any atom is -0.389 e. The van der Waals surface area contributed by atoms with E-state index in [1.165, 1.54) is 0 Å². The number of hydrogen-bond acceptors (Lipinski definition) is 2. The van der Waals surface area contributed by atoms with Gasteiger partial charge in [0.15, 0.2) is 0 Å². The van der Waals surface area contributed by atoms with Crippen molar-refractivity contribution in [3.63, 3.8) is 0 Å². The predicted molar refractivity (Wildman–Crippen MR) is 44.2 cm³/mol. The molecular weight excluding hydrogens is 183 g/mol. The van der Waals surface area contributed by atoms with Gasteiger partial charge in [0.25, 0.3) is 0 Å². The number of hydrogen-bond donors (Lipinski definition) is 2. The highest BCUT2D eigenvalue weighted by molar-refractivity contribution is 4.79. The maximum atomic E-state index is 11.8. The summed E-state index contributed by atoms with van der Waals surface area (Å²) in [5.74, 6) is 0. The van der Waals surface area contributed by atoms with Crippen molar-refractivity contribution in [2.45, 2.75) is 44.4 Å². The number of rotatable bonds is 5. The van der Waals surface area contributed by atoms with Crippen LogP contribution in [-0.2, 0) is 0 Å². The van der Waals surface area contributed by atoms with Crippen LogP contribution in [0.1, 0.15) is 32.6 Å². The Labute approximate surface area is 75.9 Å². The molecule has 0 rings (SSSR count). The van der Waals surface area contributed by atoms with Gasteiger partial charge in [-0.15, -0.1) is 0 Å². The molecule has 0 fully saturated rings. The molecule has 5 heteroatoms. The van der Waals surface area contributed by atoms with Crippen molar-refractivity contribution in [2.75, 3.05) is 6.54 Å². The van der Waals surface area contributed by atoms with Gasteiger partial charge in [-0.3, -0.25) is 0 Å². The van der Waals surface area contributed by atoms with Crippen molar-refractivity contribution in [2.24, 2.45) is 5.73 Å². The molecule has 0 spiro atoms. The second-order valence-electron chi connectivity index (χ2n) is 3.29. The Morgan fingerprint density at radius 3 is 2.00 bits per heavy atom.